The van der Waals surface area contributed by atoms with Crippen molar-refractivity contribution in [3.8, 4) is 0 Å². The second kappa shape index (κ2) is 7.80. The predicted octanol–water partition coefficient (Wildman–Crippen LogP) is 3.12. The van der Waals surface area contributed by atoms with E-state index in [2.05, 4.69) is 42.9 Å². The highest BCUT2D eigenvalue weighted by Crippen LogP contribution is 2.21. The molecule has 0 aliphatic heterocycles. The molecule has 21 heavy (non-hydrogen) atoms. The third-order valence-corrected chi connectivity index (χ3v) is 4.39. The first-order valence-corrected chi connectivity index (χ1v) is 8.35. The molecule has 0 radical (unpaired) electrons. The van der Waals surface area contributed by atoms with Gasteiger partial charge in [-0.2, -0.15) is 11.3 Å². The summed E-state index contributed by atoms with van der Waals surface area (Å²) in [6.07, 6.45) is 1.18. The minimum Gasteiger partial charge on any atom is -0.393 e. The molecule has 5 heteroatoms. The van der Waals surface area contributed by atoms with Gasteiger partial charge in [0.05, 0.1) is 6.10 Å². The van der Waals surface area contributed by atoms with Crippen molar-refractivity contribution in [1.82, 2.24) is 10.2 Å². The molecular weight excluding hydrogens is 284 g/mol. The molecule has 1 aromatic heterocycles. The second-order valence-corrected chi connectivity index (χ2v) is 7.45. The van der Waals surface area contributed by atoms with Gasteiger partial charge in [-0.1, -0.05) is 13.8 Å². The maximum Gasteiger partial charge on any atom is 0.317 e. The SMILES string of the molecule is CC(O)CC(C)(C)CNC(=O)N(C)C(C)Cc1ccsc1. The number of amides is 2. The third kappa shape index (κ3) is 6.48. The zero-order valence-electron chi connectivity index (χ0n) is 13.7. The van der Waals surface area contributed by atoms with Crippen molar-refractivity contribution in [2.24, 2.45) is 5.41 Å². The van der Waals surface area contributed by atoms with Crippen molar-refractivity contribution in [1.29, 1.82) is 0 Å². The third-order valence-electron chi connectivity index (χ3n) is 3.66. The Hall–Kier alpha value is -1.07. The Morgan fingerprint density at radius 2 is 2.14 bits per heavy atom. The number of likely N-dealkylation sites (N-methyl/N-ethyl adjacent to an activating group) is 1. The summed E-state index contributed by atoms with van der Waals surface area (Å²) in [5.41, 5.74) is 1.16. The van der Waals surface area contributed by atoms with E-state index in [1.165, 1.54) is 5.56 Å². The van der Waals surface area contributed by atoms with Gasteiger partial charge in [0.25, 0.3) is 0 Å². The first kappa shape index (κ1) is 18.0. The molecule has 0 aromatic carbocycles. The molecule has 0 aliphatic carbocycles. The van der Waals surface area contributed by atoms with E-state index in [0.717, 1.165) is 6.42 Å². The van der Waals surface area contributed by atoms with E-state index in [1.54, 1.807) is 23.2 Å². The topological polar surface area (TPSA) is 52.6 Å². The standard InChI is InChI=1S/C16H28N2O2S/c1-12(8-14-6-7-21-10-14)18(5)15(20)17-11-16(3,4)9-13(2)19/h6-7,10,12-13,19H,8-9,11H2,1-5H3,(H,17,20). The Morgan fingerprint density at radius 1 is 1.48 bits per heavy atom. The van der Waals surface area contributed by atoms with Crippen molar-refractivity contribution in [3.63, 3.8) is 0 Å². The van der Waals surface area contributed by atoms with Gasteiger partial charge in [-0.3, -0.25) is 0 Å². The number of nitrogens with one attached hydrogen (secondary N) is 1. The average Bonchev–Trinajstić information content (AvgIpc) is 2.86. The molecule has 0 saturated heterocycles. The molecule has 2 atom stereocenters. The number of nitrogens with zero attached hydrogens (tertiary/aromatic N) is 1. The Morgan fingerprint density at radius 3 is 2.67 bits per heavy atom. The minimum atomic E-state index is -0.354. The summed E-state index contributed by atoms with van der Waals surface area (Å²) < 4.78 is 0. The van der Waals surface area contributed by atoms with Crippen molar-refractivity contribution in [2.75, 3.05) is 13.6 Å². The molecule has 0 fully saturated rings. The van der Waals surface area contributed by atoms with Crippen LogP contribution in [-0.2, 0) is 6.42 Å². The first-order chi connectivity index (χ1) is 9.71. The smallest absolute Gasteiger partial charge is 0.317 e. The normalized spacial score (nSPS) is 14.6. The second-order valence-electron chi connectivity index (χ2n) is 6.67. The number of hydrogen-bond donors (Lipinski definition) is 2. The number of hydrogen-bond acceptors (Lipinski definition) is 3. The van der Waals surface area contributed by atoms with Crippen molar-refractivity contribution in [2.45, 2.75) is 52.7 Å². The van der Waals surface area contributed by atoms with Gasteiger partial charge in [0, 0.05) is 19.6 Å². The van der Waals surface area contributed by atoms with Crippen LogP contribution >= 0.6 is 11.3 Å². The summed E-state index contributed by atoms with van der Waals surface area (Å²) in [5, 5.41) is 16.6. The fraction of sp³-hybridized carbons (Fsp3) is 0.688. The van der Waals surface area contributed by atoms with Crippen LogP contribution in [0.25, 0.3) is 0 Å². The van der Waals surface area contributed by atoms with Crippen LogP contribution in [0.4, 0.5) is 4.79 Å². The van der Waals surface area contributed by atoms with E-state index in [1.807, 2.05) is 7.05 Å². The Labute approximate surface area is 132 Å². The zero-order valence-corrected chi connectivity index (χ0v) is 14.5. The number of rotatable bonds is 7. The maximum atomic E-state index is 12.2. The minimum absolute atomic E-state index is 0.0589. The van der Waals surface area contributed by atoms with Crippen LogP contribution in [0.1, 0.15) is 39.7 Å². The molecule has 0 aliphatic rings. The monoisotopic (exact) mass is 312 g/mol. The summed E-state index contributed by atoms with van der Waals surface area (Å²) in [6.45, 7) is 8.49. The van der Waals surface area contributed by atoms with Crippen LogP contribution < -0.4 is 5.32 Å². The fourth-order valence-electron chi connectivity index (χ4n) is 2.40. The largest absolute Gasteiger partial charge is 0.393 e. The Bertz CT molecular complexity index is 429. The molecule has 120 valence electrons. The lowest BCUT2D eigenvalue weighted by molar-refractivity contribution is 0.126. The van der Waals surface area contributed by atoms with Crippen LogP contribution in [0.15, 0.2) is 16.8 Å². The molecule has 0 saturated carbocycles. The number of carbonyl (C=O) groups is 1. The van der Waals surface area contributed by atoms with Crippen molar-refractivity contribution < 1.29 is 9.90 Å². The van der Waals surface area contributed by atoms with Gasteiger partial charge < -0.3 is 15.3 Å². The lowest BCUT2D eigenvalue weighted by atomic mass is 9.87. The van der Waals surface area contributed by atoms with E-state index >= 15 is 0 Å². The molecule has 0 spiro atoms. The zero-order chi connectivity index (χ0) is 16.0. The van der Waals surface area contributed by atoms with Gasteiger partial charge in [0.1, 0.15) is 0 Å². The van der Waals surface area contributed by atoms with E-state index < -0.39 is 0 Å². The van der Waals surface area contributed by atoms with Gasteiger partial charge in [0.2, 0.25) is 0 Å². The fourth-order valence-corrected chi connectivity index (χ4v) is 3.08. The number of aliphatic hydroxyl groups is 1. The number of aliphatic hydroxyl groups excluding tert-OH is 1. The Balaban J connectivity index is 2.43. The number of urea groups is 1. The summed E-state index contributed by atoms with van der Waals surface area (Å²) in [5.74, 6) is 0. The quantitative estimate of drug-likeness (QED) is 0.813. The van der Waals surface area contributed by atoms with E-state index in [4.69, 9.17) is 0 Å². The summed E-state index contributed by atoms with van der Waals surface area (Å²) in [7, 11) is 1.83. The lowest BCUT2D eigenvalue weighted by Gasteiger charge is -2.30. The molecule has 2 N–H and O–H groups in total. The molecule has 4 nitrogen and oxygen atoms in total. The van der Waals surface area contributed by atoms with E-state index in [-0.39, 0.29) is 23.6 Å². The summed E-state index contributed by atoms with van der Waals surface area (Å²) >= 11 is 1.68. The molecule has 1 heterocycles. The molecule has 2 unspecified atom stereocenters. The molecule has 2 amide bonds. The highest BCUT2D eigenvalue weighted by atomic mass is 32.1. The van der Waals surface area contributed by atoms with Crippen LogP contribution in [-0.4, -0.2) is 41.8 Å². The van der Waals surface area contributed by atoms with Crippen molar-refractivity contribution >= 4 is 17.4 Å². The molecule has 0 bridgehead atoms. The first-order valence-electron chi connectivity index (χ1n) is 7.41. The molecular formula is C16H28N2O2S. The summed E-state index contributed by atoms with van der Waals surface area (Å²) in [4.78, 5) is 13.9. The van der Waals surface area contributed by atoms with Crippen LogP contribution in [0.5, 0.6) is 0 Å². The lowest BCUT2D eigenvalue weighted by Crippen LogP contribution is -2.46. The van der Waals surface area contributed by atoms with Crippen LogP contribution in [0.3, 0.4) is 0 Å². The van der Waals surface area contributed by atoms with Gasteiger partial charge in [-0.25, -0.2) is 4.79 Å². The van der Waals surface area contributed by atoms with Gasteiger partial charge in [0.15, 0.2) is 0 Å². The number of carbonyl (C=O) groups excluding carboxylic acids is 1. The highest BCUT2D eigenvalue weighted by molar-refractivity contribution is 7.07. The number of thiophene rings is 1. The van der Waals surface area contributed by atoms with Crippen LogP contribution in [0.2, 0.25) is 0 Å². The maximum absolute atomic E-state index is 12.2. The van der Waals surface area contributed by atoms with E-state index in [9.17, 15) is 9.90 Å². The highest BCUT2D eigenvalue weighted by Gasteiger charge is 2.23. The average molecular weight is 312 g/mol. The van der Waals surface area contributed by atoms with Gasteiger partial charge in [-0.15, -0.1) is 0 Å². The Kier molecular flexibility index (Phi) is 6.68. The van der Waals surface area contributed by atoms with Gasteiger partial charge >= 0.3 is 6.03 Å². The van der Waals surface area contributed by atoms with Crippen LogP contribution in [0, 0.1) is 5.41 Å². The summed E-state index contributed by atoms with van der Waals surface area (Å²) in [6, 6.07) is 2.19. The van der Waals surface area contributed by atoms with Gasteiger partial charge in [-0.05, 0) is 54.5 Å². The molecule has 1 rings (SSSR count). The van der Waals surface area contributed by atoms with E-state index in [0.29, 0.717) is 13.0 Å². The predicted molar refractivity (Wildman–Crippen MR) is 88.7 cm³/mol. The molecule has 1 aromatic rings. The van der Waals surface area contributed by atoms with Crippen molar-refractivity contribution in [3.05, 3.63) is 22.4 Å².